The Kier molecular flexibility index (Phi) is 2.73. The molecule has 2 nitrogen and oxygen atoms in total. The molecule has 0 radical (unpaired) electrons. The van der Waals surface area contributed by atoms with Crippen LogP contribution < -0.4 is 5.73 Å². The number of aliphatic hydroxyl groups is 1. The fourth-order valence-corrected chi connectivity index (χ4v) is 0.947. The lowest BCUT2D eigenvalue weighted by Crippen LogP contribution is -2.14. The predicted molar refractivity (Wildman–Crippen MR) is 40.4 cm³/mol. The second-order valence-corrected chi connectivity index (χ2v) is 2.39. The molecule has 4 heteroatoms. The van der Waals surface area contributed by atoms with Crippen molar-refractivity contribution in [2.24, 2.45) is 5.73 Å². The Hall–Kier alpha value is -1.00. The van der Waals surface area contributed by atoms with Gasteiger partial charge < -0.3 is 10.8 Å². The van der Waals surface area contributed by atoms with E-state index >= 15 is 0 Å². The molecular weight excluding hydrogens is 164 g/mol. The fourth-order valence-electron chi connectivity index (χ4n) is 0.947. The van der Waals surface area contributed by atoms with E-state index in [1.807, 2.05) is 0 Å². The molecule has 0 aromatic heterocycles. The van der Waals surface area contributed by atoms with Crippen LogP contribution in [-0.4, -0.2) is 11.7 Å². The van der Waals surface area contributed by atoms with Gasteiger partial charge in [-0.2, -0.15) is 0 Å². The van der Waals surface area contributed by atoms with E-state index in [4.69, 9.17) is 10.8 Å². The van der Waals surface area contributed by atoms with E-state index in [0.717, 1.165) is 12.1 Å². The average molecular weight is 173 g/mol. The molecule has 0 amide bonds. The van der Waals surface area contributed by atoms with Crippen LogP contribution in [0.1, 0.15) is 11.7 Å². The summed E-state index contributed by atoms with van der Waals surface area (Å²) in [5.74, 6) is -1.54. The third-order valence-corrected chi connectivity index (χ3v) is 1.56. The maximum Gasteiger partial charge on any atom is 0.131 e. The van der Waals surface area contributed by atoms with Crippen molar-refractivity contribution in [1.29, 1.82) is 0 Å². The molecule has 0 aliphatic carbocycles. The van der Waals surface area contributed by atoms with Crippen molar-refractivity contribution in [2.45, 2.75) is 6.10 Å². The van der Waals surface area contributed by atoms with E-state index < -0.39 is 17.7 Å². The summed E-state index contributed by atoms with van der Waals surface area (Å²) >= 11 is 0. The predicted octanol–water partition coefficient (Wildman–Crippen LogP) is 0.957. The highest BCUT2D eigenvalue weighted by molar-refractivity contribution is 5.22. The summed E-state index contributed by atoms with van der Waals surface area (Å²) in [4.78, 5) is 0. The van der Waals surface area contributed by atoms with Crippen LogP contribution in [0.5, 0.6) is 0 Å². The minimum absolute atomic E-state index is 0.197. The van der Waals surface area contributed by atoms with E-state index in [0.29, 0.717) is 0 Å². The topological polar surface area (TPSA) is 46.2 Å². The van der Waals surface area contributed by atoms with Gasteiger partial charge >= 0.3 is 0 Å². The molecule has 0 spiro atoms. The number of hydrogen-bond donors (Lipinski definition) is 2. The standard InChI is InChI=1S/C8H9F2NO/c9-5-2-1-3-6(10)8(5)7(12)4-11/h1-3,7,12H,4,11H2/t7-/m1/s1. The Balaban J connectivity index is 3.12. The van der Waals surface area contributed by atoms with Crippen molar-refractivity contribution in [3.05, 3.63) is 35.4 Å². The van der Waals surface area contributed by atoms with Crippen LogP contribution in [0.2, 0.25) is 0 Å². The number of aliphatic hydroxyl groups excluding tert-OH is 1. The highest BCUT2D eigenvalue weighted by atomic mass is 19.1. The Bertz CT molecular complexity index is 258. The number of nitrogens with two attached hydrogens (primary N) is 1. The molecular formula is C8H9F2NO. The monoisotopic (exact) mass is 173 g/mol. The normalized spacial score (nSPS) is 13.0. The molecule has 1 aromatic rings. The largest absolute Gasteiger partial charge is 0.387 e. The highest BCUT2D eigenvalue weighted by Gasteiger charge is 2.15. The lowest BCUT2D eigenvalue weighted by Gasteiger charge is -2.09. The molecule has 0 saturated heterocycles. The first kappa shape index (κ1) is 9.09. The van der Waals surface area contributed by atoms with Gasteiger partial charge in [0, 0.05) is 6.54 Å². The van der Waals surface area contributed by atoms with Crippen molar-refractivity contribution >= 4 is 0 Å². The minimum Gasteiger partial charge on any atom is -0.387 e. The Morgan fingerprint density at radius 3 is 2.25 bits per heavy atom. The summed E-state index contributed by atoms with van der Waals surface area (Å²) in [5.41, 5.74) is 4.70. The lowest BCUT2D eigenvalue weighted by molar-refractivity contribution is 0.176. The highest BCUT2D eigenvalue weighted by Crippen LogP contribution is 2.19. The summed E-state index contributed by atoms with van der Waals surface area (Å²) in [7, 11) is 0. The molecule has 0 unspecified atom stereocenters. The molecule has 1 atom stereocenters. The molecule has 0 aliphatic heterocycles. The van der Waals surface area contributed by atoms with Gasteiger partial charge in [0.1, 0.15) is 11.6 Å². The third kappa shape index (κ3) is 1.60. The van der Waals surface area contributed by atoms with Crippen LogP contribution >= 0.6 is 0 Å². The van der Waals surface area contributed by atoms with Gasteiger partial charge in [0.2, 0.25) is 0 Å². The summed E-state index contributed by atoms with van der Waals surface area (Å²) in [6.45, 7) is -0.197. The van der Waals surface area contributed by atoms with Crippen LogP contribution in [0.25, 0.3) is 0 Å². The fraction of sp³-hybridized carbons (Fsp3) is 0.250. The van der Waals surface area contributed by atoms with Crippen LogP contribution in [0.3, 0.4) is 0 Å². The van der Waals surface area contributed by atoms with E-state index in [1.165, 1.54) is 6.07 Å². The first-order valence-corrected chi connectivity index (χ1v) is 3.49. The first-order valence-electron chi connectivity index (χ1n) is 3.49. The Morgan fingerprint density at radius 1 is 1.33 bits per heavy atom. The number of halogens is 2. The average Bonchev–Trinajstić information content (AvgIpc) is 2.03. The minimum atomic E-state index is -1.27. The van der Waals surface area contributed by atoms with Gasteiger partial charge in [0.15, 0.2) is 0 Å². The molecule has 66 valence electrons. The SMILES string of the molecule is NC[C@@H](O)c1c(F)cccc1F. The van der Waals surface area contributed by atoms with E-state index in [1.54, 1.807) is 0 Å². The number of hydrogen-bond acceptors (Lipinski definition) is 2. The van der Waals surface area contributed by atoms with Crippen molar-refractivity contribution in [1.82, 2.24) is 0 Å². The Morgan fingerprint density at radius 2 is 1.83 bits per heavy atom. The molecule has 1 aromatic carbocycles. The van der Waals surface area contributed by atoms with Crippen molar-refractivity contribution in [2.75, 3.05) is 6.54 Å². The number of benzene rings is 1. The van der Waals surface area contributed by atoms with E-state index in [-0.39, 0.29) is 12.1 Å². The van der Waals surface area contributed by atoms with Crippen LogP contribution in [-0.2, 0) is 0 Å². The van der Waals surface area contributed by atoms with E-state index in [9.17, 15) is 8.78 Å². The molecule has 0 saturated carbocycles. The van der Waals surface area contributed by atoms with Crippen LogP contribution in [0, 0.1) is 11.6 Å². The smallest absolute Gasteiger partial charge is 0.131 e. The van der Waals surface area contributed by atoms with Crippen LogP contribution in [0.4, 0.5) is 8.78 Å². The van der Waals surface area contributed by atoms with Gasteiger partial charge in [0.25, 0.3) is 0 Å². The molecule has 0 heterocycles. The van der Waals surface area contributed by atoms with Gasteiger partial charge in [-0.15, -0.1) is 0 Å². The lowest BCUT2D eigenvalue weighted by atomic mass is 10.1. The van der Waals surface area contributed by atoms with Gasteiger partial charge in [-0.1, -0.05) is 6.07 Å². The zero-order valence-electron chi connectivity index (χ0n) is 6.30. The molecule has 0 fully saturated rings. The molecule has 1 rings (SSSR count). The summed E-state index contributed by atoms with van der Waals surface area (Å²) in [6, 6.07) is 3.39. The Labute approximate surface area is 68.6 Å². The van der Waals surface area contributed by atoms with Crippen molar-refractivity contribution < 1.29 is 13.9 Å². The molecule has 0 bridgehead atoms. The molecule has 12 heavy (non-hydrogen) atoms. The first-order chi connectivity index (χ1) is 5.66. The zero-order chi connectivity index (χ0) is 9.14. The quantitative estimate of drug-likeness (QED) is 0.699. The molecule has 3 N–H and O–H groups in total. The second-order valence-electron chi connectivity index (χ2n) is 2.39. The van der Waals surface area contributed by atoms with Gasteiger partial charge in [-0.05, 0) is 12.1 Å². The summed E-state index contributed by atoms with van der Waals surface area (Å²) in [6.07, 6.45) is -1.27. The van der Waals surface area contributed by atoms with Gasteiger partial charge in [-0.3, -0.25) is 0 Å². The van der Waals surface area contributed by atoms with Crippen molar-refractivity contribution in [3.8, 4) is 0 Å². The van der Waals surface area contributed by atoms with Crippen molar-refractivity contribution in [3.63, 3.8) is 0 Å². The van der Waals surface area contributed by atoms with Gasteiger partial charge in [0.05, 0.1) is 11.7 Å². The van der Waals surface area contributed by atoms with E-state index in [2.05, 4.69) is 0 Å². The molecule has 0 aliphatic rings. The zero-order valence-corrected chi connectivity index (χ0v) is 6.30. The summed E-state index contributed by atoms with van der Waals surface area (Å²) < 4.78 is 25.7. The van der Waals surface area contributed by atoms with Gasteiger partial charge in [-0.25, -0.2) is 8.78 Å². The number of rotatable bonds is 2. The summed E-state index contributed by atoms with van der Waals surface area (Å²) in [5, 5.41) is 9.09. The van der Waals surface area contributed by atoms with Crippen LogP contribution in [0.15, 0.2) is 18.2 Å². The third-order valence-electron chi connectivity index (χ3n) is 1.56. The maximum absolute atomic E-state index is 12.8. The maximum atomic E-state index is 12.8. The second kappa shape index (κ2) is 3.60.